The van der Waals surface area contributed by atoms with Crippen molar-refractivity contribution in [2.24, 2.45) is 0 Å². The standard InChI is InChI=1S/C25H18BrN7O2S/c26-18-12-22-25(30-15-18)33(24(32-22)21-2-1-11-29-23(21)28)19-7-3-17(4-8-19)14-31-36(34,35)20-9-5-16(13-27)6-10-20/h1-12,15,31H,14H2,(H2,28,29). The fraction of sp³-hybridized carbons (Fsp3) is 0.0400. The second kappa shape index (κ2) is 9.50. The third-order valence-corrected chi connectivity index (χ3v) is 7.35. The van der Waals surface area contributed by atoms with Crippen LogP contribution in [0.4, 0.5) is 5.82 Å². The molecule has 11 heteroatoms. The van der Waals surface area contributed by atoms with Crippen molar-refractivity contribution >= 4 is 42.9 Å². The Hall–Kier alpha value is -4.11. The lowest BCUT2D eigenvalue weighted by molar-refractivity contribution is 0.581. The number of benzene rings is 2. The molecule has 0 radical (unpaired) electrons. The van der Waals surface area contributed by atoms with E-state index in [1.807, 2.05) is 47.0 Å². The topological polar surface area (TPSA) is 140 Å². The minimum absolute atomic E-state index is 0.0962. The van der Waals surface area contributed by atoms with Crippen LogP contribution in [0, 0.1) is 11.3 Å². The third kappa shape index (κ3) is 4.57. The molecule has 9 nitrogen and oxygen atoms in total. The molecule has 0 saturated carbocycles. The molecule has 0 fully saturated rings. The molecule has 3 N–H and O–H groups in total. The zero-order valence-electron chi connectivity index (χ0n) is 18.6. The maximum absolute atomic E-state index is 12.6. The molecule has 5 aromatic rings. The van der Waals surface area contributed by atoms with Gasteiger partial charge in [-0.2, -0.15) is 5.26 Å². The summed E-state index contributed by atoms with van der Waals surface area (Å²) >= 11 is 3.44. The molecule has 5 rings (SSSR count). The SMILES string of the molecule is N#Cc1ccc(S(=O)(=O)NCc2ccc(-n3c(-c4cccnc4N)nc4cc(Br)cnc43)cc2)cc1. The minimum Gasteiger partial charge on any atom is -0.383 e. The molecule has 0 saturated heterocycles. The Bertz CT molecular complexity index is 1730. The number of aromatic nitrogens is 4. The van der Waals surface area contributed by atoms with Gasteiger partial charge < -0.3 is 5.73 Å². The van der Waals surface area contributed by atoms with Crippen LogP contribution < -0.4 is 10.5 Å². The number of halogens is 1. The van der Waals surface area contributed by atoms with Crippen LogP contribution in [-0.2, 0) is 16.6 Å². The third-order valence-electron chi connectivity index (χ3n) is 5.50. The Morgan fingerprint density at radius 3 is 2.50 bits per heavy atom. The molecule has 0 aliphatic heterocycles. The summed E-state index contributed by atoms with van der Waals surface area (Å²) in [4.78, 5) is 13.6. The van der Waals surface area contributed by atoms with Gasteiger partial charge in [-0.3, -0.25) is 4.57 Å². The number of fused-ring (bicyclic) bond motifs is 1. The van der Waals surface area contributed by atoms with Gasteiger partial charge in [0.1, 0.15) is 11.3 Å². The first-order valence-electron chi connectivity index (χ1n) is 10.7. The number of nitrogens with one attached hydrogen (secondary N) is 1. The van der Waals surface area contributed by atoms with E-state index in [1.54, 1.807) is 18.5 Å². The molecule has 36 heavy (non-hydrogen) atoms. The zero-order chi connectivity index (χ0) is 25.3. The van der Waals surface area contributed by atoms with E-state index in [2.05, 4.69) is 30.6 Å². The van der Waals surface area contributed by atoms with Gasteiger partial charge in [0.25, 0.3) is 0 Å². The van der Waals surface area contributed by atoms with E-state index < -0.39 is 10.0 Å². The molecule has 178 valence electrons. The van der Waals surface area contributed by atoms with Gasteiger partial charge in [-0.15, -0.1) is 0 Å². The van der Waals surface area contributed by atoms with Gasteiger partial charge in [-0.05, 0) is 76.1 Å². The quantitative estimate of drug-likeness (QED) is 0.318. The van der Waals surface area contributed by atoms with E-state index in [0.717, 1.165) is 15.7 Å². The molecular formula is C25H18BrN7O2S. The number of nitrogens with zero attached hydrogens (tertiary/aromatic N) is 5. The average Bonchev–Trinajstić information content (AvgIpc) is 3.26. The van der Waals surface area contributed by atoms with Gasteiger partial charge in [0.2, 0.25) is 10.0 Å². The number of nitrogen functional groups attached to an aromatic ring is 1. The van der Waals surface area contributed by atoms with Crippen molar-refractivity contribution in [2.45, 2.75) is 11.4 Å². The maximum Gasteiger partial charge on any atom is 0.240 e. The molecule has 2 aromatic carbocycles. The average molecular weight is 560 g/mol. The molecule has 0 unspecified atom stereocenters. The fourth-order valence-corrected chi connectivity index (χ4v) is 5.04. The highest BCUT2D eigenvalue weighted by molar-refractivity contribution is 9.10. The molecule has 0 aliphatic carbocycles. The van der Waals surface area contributed by atoms with Gasteiger partial charge in [0, 0.05) is 29.1 Å². The first-order chi connectivity index (χ1) is 17.4. The smallest absolute Gasteiger partial charge is 0.240 e. The number of nitriles is 1. The van der Waals surface area contributed by atoms with Gasteiger partial charge >= 0.3 is 0 Å². The lowest BCUT2D eigenvalue weighted by Crippen LogP contribution is -2.23. The fourth-order valence-electron chi connectivity index (χ4n) is 3.71. The van der Waals surface area contributed by atoms with Gasteiger partial charge in [-0.1, -0.05) is 12.1 Å². The van der Waals surface area contributed by atoms with E-state index in [1.165, 1.54) is 24.3 Å². The predicted molar refractivity (Wildman–Crippen MR) is 139 cm³/mol. The van der Waals surface area contributed by atoms with Gasteiger partial charge in [0.15, 0.2) is 11.5 Å². The van der Waals surface area contributed by atoms with Crippen molar-refractivity contribution < 1.29 is 8.42 Å². The minimum atomic E-state index is -3.73. The summed E-state index contributed by atoms with van der Waals surface area (Å²) in [6.45, 7) is 0.0981. The van der Waals surface area contributed by atoms with Crippen LogP contribution in [0.5, 0.6) is 0 Å². The lowest BCUT2D eigenvalue weighted by Gasteiger charge is -2.11. The zero-order valence-corrected chi connectivity index (χ0v) is 21.0. The van der Waals surface area contributed by atoms with Crippen LogP contribution in [0.25, 0.3) is 28.2 Å². The molecule has 0 amide bonds. The Morgan fingerprint density at radius 1 is 1.06 bits per heavy atom. The highest BCUT2D eigenvalue weighted by atomic mass is 79.9. The molecular weight excluding hydrogens is 542 g/mol. The molecule has 0 bridgehead atoms. The van der Waals surface area contributed by atoms with Crippen LogP contribution in [-0.4, -0.2) is 27.9 Å². The van der Waals surface area contributed by atoms with Crippen molar-refractivity contribution in [1.82, 2.24) is 24.2 Å². The summed E-state index contributed by atoms with van der Waals surface area (Å²) < 4.78 is 30.5. The number of rotatable bonds is 6. The van der Waals surface area contributed by atoms with Crippen LogP contribution in [0.2, 0.25) is 0 Å². The number of sulfonamides is 1. The Labute approximate surface area is 215 Å². The molecule has 0 spiro atoms. The lowest BCUT2D eigenvalue weighted by atomic mass is 10.2. The number of hydrogen-bond donors (Lipinski definition) is 2. The number of imidazole rings is 1. The Morgan fingerprint density at radius 2 is 1.81 bits per heavy atom. The largest absolute Gasteiger partial charge is 0.383 e. The van der Waals surface area contributed by atoms with E-state index in [0.29, 0.717) is 33.9 Å². The van der Waals surface area contributed by atoms with Gasteiger partial charge in [-0.25, -0.2) is 28.1 Å². The van der Waals surface area contributed by atoms with E-state index in [4.69, 9.17) is 16.0 Å². The summed E-state index contributed by atoms with van der Waals surface area (Å²) in [6, 6.07) is 20.6. The first kappa shape index (κ1) is 23.6. The summed E-state index contributed by atoms with van der Waals surface area (Å²) in [7, 11) is -3.73. The number of nitrogens with two attached hydrogens (primary N) is 1. The van der Waals surface area contributed by atoms with Gasteiger partial charge in [0.05, 0.1) is 22.1 Å². The number of pyridine rings is 2. The number of anilines is 1. The summed E-state index contributed by atoms with van der Waals surface area (Å²) in [6.07, 6.45) is 3.32. The van der Waals surface area contributed by atoms with Crippen molar-refractivity contribution in [3.63, 3.8) is 0 Å². The summed E-state index contributed by atoms with van der Waals surface area (Å²) in [5.74, 6) is 0.942. The van der Waals surface area contributed by atoms with Crippen molar-refractivity contribution in [3.05, 3.63) is 94.7 Å². The number of hydrogen-bond acceptors (Lipinski definition) is 7. The Kier molecular flexibility index (Phi) is 6.24. The van der Waals surface area contributed by atoms with Crippen LogP contribution >= 0.6 is 15.9 Å². The van der Waals surface area contributed by atoms with Crippen molar-refractivity contribution in [2.75, 3.05) is 5.73 Å². The first-order valence-corrected chi connectivity index (χ1v) is 13.0. The van der Waals surface area contributed by atoms with E-state index >= 15 is 0 Å². The summed E-state index contributed by atoms with van der Waals surface area (Å²) in [5.41, 5.74) is 10.1. The van der Waals surface area contributed by atoms with Crippen LogP contribution in [0.1, 0.15) is 11.1 Å². The maximum atomic E-state index is 12.6. The predicted octanol–water partition coefficient (Wildman–Crippen LogP) is 4.18. The van der Waals surface area contributed by atoms with Crippen LogP contribution in [0.15, 0.2) is 88.5 Å². The second-order valence-corrected chi connectivity index (χ2v) is 10.5. The highest BCUT2D eigenvalue weighted by Gasteiger charge is 2.18. The van der Waals surface area contributed by atoms with E-state index in [9.17, 15) is 8.42 Å². The Balaban J connectivity index is 1.46. The van der Waals surface area contributed by atoms with Crippen molar-refractivity contribution in [3.8, 4) is 23.1 Å². The molecule has 3 aromatic heterocycles. The highest BCUT2D eigenvalue weighted by Crippen LogP contribution is 2.31. The second-order valence-electron chi connectivity index (χ2n) is 7.83. The van der Waals surface area contributed by atoms with Crippen molar-refractivity contribution in [1.29, 1.82) is 5.26 Å². The molecule has 3 heterocycles. The monoisotopic (exact) mass is 559 g/mol. The van der Waals surface area contributed by atoms with E-state index in [-0.39, 0.29) is 11.4 Å². The summed E-state index contributed by atoms with van der Waals surface area (Å²) in [5, 5.41) is 8.90. The van der Waals surface area contributed by atoms with Crippen LogP contribution in [0.3, 0.4) is 0 Å². The molecule has 0 aliphatic rings. The molecule has 0 atom stereocenters. The normalized spacial score (nSPS) is 11.4.